The predicted octanol–water partition coefficient (Wildman–Crippen LogP) is 3.86. The predicted molar refractivity (Wildman–Crippen MR) is 140 cm³/mol. The average Bonchev–Trinajstić information content (AvgIpc) is 2.93. The third-order valence-corrected chi connectivity index (χ3v) is 7.20. The van der Waals surface area contributed by atoms with E-state index in [1.165, 1.54) is 0 Å². The van der Waals surface area contributed by atoms with Gasteiger partial charge in [0.15, 0.2) is 0 Å². The minimum atomic E-state index is -0.579. The number of hydrogen-bond donors (Lipinski definition) is 2. The fourth-order valence-corrected chi connectivity index (χ4v) is 5.01. The first-order valence-electron chi connectivity index (χ1n) is 13.2. The number of nitrogens with zero attached hydrogens (tertiary/aromatic N) is 1. The number of aliphatic hydroxyl groups excluding tert-OH is 1. The topological polar surface area (TPSA) is 95.9 Å². The first-order chi connectivity index (χ1) is 18.0. The van der Waals surface area contributed by atoms with Gasteiger partial charge >= 0.3 is 5.97 Å². The van der Waals surface area contributed by atoms with Crippen molar-refractivity contribution in [1.29, 1.82) is 0 Å². The summed E-state index contributed by atoms with van der Waals surface area (Å²) in [4.78, 5) is 40.9. The van der Waals surface area contributed by atoms with Crippen LogP contribution in [0, 0.1) is 5.92 Å². The molecule has 2 aliphatic heterocycles. The molecule has 7 heteroatoms. The van der Waals surface area contributed by atoms with Crippen molar-refractivity contribution < 1.29 is 24.2 Å². The maximum Gasteiger partial charge on any atom is 0.305 e. The molecular formula is C30H36N2O5. The van der Waals surface area contributed by atoms with Crippen LogP contribution >= 0.6 is 0 Å². The number of nitrogens with one attached hydrogen (secondary N) is 1. The lowest BCUT2D eigenvalue weighted by Gasteiger charge is -2.36. The van der Waals surface area contributed by atoms with Gasteiger partial charge in [0.25, 0.3) is 0 Å². The van der Waals surface area contributed by atoms with Crippen LogP contribution < -0.4 is 5.32 Å². The van der Waals surface area contributed by atoms with Crippen LogP contribution in [0.1, 0.15) is 61.3 Å². The van der Waals surface area contributed by atoms with Crippen molar-refractivity contribution in [3.8, 4) is 0 Å². The molecule has 2 amide bonds. The van der Waals surface area contributed by atoms with Crippen molar-refractivity contribution in [1.82, 2.24) is 10.2 Å². The third-order valence-electron chi connectivity index (χ3n) is 7.20. The quantitative estimate of drug-likeness (QED) is 0.487. The molecule has 2 heterocycles. The van der Waals surface area contributed by atoms with Gasteiger partial charge in [-0.15, -0.1) is 0 Å². The Bertz CT molecular complexity index is 1100. The Labute approximate surface area is 218 Å². The highest BCUT2D eigenvalue weighted by Crippen LogP contribution is 2.26. The van der Waals surface area contributed by atoms with Gasteiger partial charge in [0.1, 0.15) is 6.61 Å². The van der Waals surface area contributed by atoms with Crippen LogP contribution in [0.5, 0.6) is 0 Å². The van der Waals surface area contributed by atoms with Gasteiger partial charge in [-0.25, -0.2) is 0 Å². The second-order valence-corrected chi connectivity index (χ2v) is 9.84. The summed E-state index contributed by atoms with van der Waals surface area (Å²) in [6.45, 7) is 0.339. The molecular weight excluding hydrogens is 468 g/mol. The number of rotatable bonds is 4. The summed E-state index contributed by atoms with van der Waals surface area (Å²) < 4.78 is 5.50. The number of fused-ring (bicyclic) bond motifs is 1. The standard InChI is InChI=1S/C30H36N2O5/c33-20-26-17-23-13-9-10-15-25(23)19-32(26)28(34)18-24-14-5-2-1-3-8-16-29(35)37-21-27(31-30(24)36)22-11-6-4-7-12-22/h2,4-7,9-13,15,24,26-27,33H,1,3,8,14,16-21H2,(H,31,36). The van der Waals surface area contributed by atoms with Crippen molar-refractivity contribution in [3.05, 3.63) is 83.4 Å². The van der Waals surface area contributed by atoms with E-state index in [2.05, 4.69) is 5.32 Å². The van der Waals surface area contributed by atoms with Gasteiger partial charge in [-0.2, -0.15) is 0 Å². The summed E-state index contributed by atoms with van der Waals surface area (Å²) in [6.07, 6.45) is 7.81. The number of benzene rings is 2. The molecule has 37 heavy (non-hydrogen) atoms. The van der Waals surface area contributed by atoms with E-state index in [0.717, 1.165) is 36.0 Å². The molecule has 2 aromatic rings. The first kappa shape index (κ1) is 26.6. The summed E-state index contributed by atoms with van der Waals surface area (Å²) in [5, 5.41) is 13.0. The van der Waals surface area contributed by atoms with Gasteiger partial charge in [-0.05, 0) is 48.8 Å². The van der Waals surface area contributed by atoms with Crippen molar-refractivity contribution in [2.45, 2.75) is 63.6 Å². The highest BCUT2D eigenvalue weighted by molar-refractivity contribution is 5.86. The minimum Gasteiger partial charge on any atom is -0.463 e. The molecule has 3 atom stereocenters. The van der Waals surface area contributed by atoms with E-state index in [1.54, 1.807) is 4.90 Å². The molecule has 0 spiro atoms. The van der Waals surface area contributed by atoms with Crippen molar-refractivity contribution in [3.63, 3.8) is 0 Å². The van der Waals surface area contributed by atoms with E-state index >= 15 is 0 Å². The maximum absolute atomic E-state index is 13.5. The summed E-state index contributed by atoms with van der Waals surface area (Å²) in [5.41, 5.74) is 3.05. The third kappa shape index (κ3) is 7.29. The molecule has 0 aromatic heterocycles. The van der Waals surface area contributed by atoms with Gasteiger partial charge in [-0.1, -0.05) is 66.7 Å². The zero-order valence-electron chi connectivity index (χ0n) is 21.2. The Morgan fingerprint density at radius 2 is 1.76 bits per heavy atom. The van der Waals surface area contributed by atoms with E-state index in [9.17, 15) is 19.5 Å². The van der Waals surface area contributed by atoms with Gasteiger partial charge in [0, 0.05) is 19.4 Å². The molecule has 2 aliphatic rings. The first-order valence-corrected chi connectivity index (χ1v) is 13.2. The molecule has 0 radical (unpaired) electrons. The van der Waals surface area contributed by atoms with Crippen LogP contribution in [0.2, 0.25) is 0 Å². The van der Waals surface area contributed by atoms with Gasteiger partial charge in [0.2, 0.25) is 11.8 Å². The van der Waals surface area contributed by atoms with Crippen LogP contribution in [0.15, 0.2) is 66.7 Å². The van der Waals surface area contributed by atoms with E-state index in [-0.39, 0.29) is 43.5 Å². The molecule has 0 saturated heterocycles. The highest BCUT2D eigenvalue weighted by atomic mass is 16.5. The average molecular weight is 505 g/mol. The number of allylic oxidation sites excluding steroid dienone is 2. The fourth-order valence-electron chi connectivity index (χ4n) is 5.01. The van der Waals surface area contributed by atoms with Gasteiger partial charge in [-0.3, -0.25) is 14.4 Å². The largest absolute Gasteiger partial charge is 0.463 e. The van der Waals surface area contributed by atoms with Gasteiger partial charge in [0.05, 0.1) is 24.6 Å². The molecule has 0 bridgehead atoms. The Kier molecular flexibility index (Phi) is 9.49. The number of amides is 2. The Hall–Kier alpha value is -3.45. The van der Waals surface area contributed by atoms with Crippen LogP contribution in [0.4, 0.5) is 0 Å². The summed E-state index contributed by atoms with van der Waals surface area (Å²) in [6, 6.07) is 16.6. The van der Waals surface area contributed by atoms with Crippen molar-refractivity contribution in [2.75, 3.05) is 13.2 Å². The second kappa shape index (κ2) is 13.2. The number of ether oxygens (including phenoxy) is 1. The van der Waals surface area contributed by atoms with E-state index in [1.807, 2.05) is 66.7 Å². The molecule has 2 aromatic carbocycles. The lowest BCUT2D eigenvalue weighted by molar-refractivity contribution is -0.145. The molecule has 0 aliphatic carbocycles. The SMILES string of the molecule is O=C1CCCCC=CCC(CC(=O)N2Cc3ccccc3CC2CO)C(=O)NC(c2ccccc2)CO1. The summed E-state index contributed by atoms with van der Waals surface area (Å²) >= 11 is 0. The molecule has 3 unspecified atom stereocenters. The van der Waals surface area contributed by atoms with Crippen LogP contribution in [0.3, 0.4) is 0 Å². The van der Waals surface area contributed by atoms with Crippen molar-refractivity contribution >= 4 is 17.8 Å². The minimum absolute atomic E-state index is 0.0378. The summed E-state index contributed by atoms with van der Waals surface area (Å²) in [7, 11) is 0. The zero-order chi connectivity index (χ0) is 26.0. The number of hydrogen-bond acceptors (Lipinski definition) is 5. The lowest BCUT2D eigenvalue weighted by atomic mass is 9.92. The molecule has 0 fully saturated rings. The number of esters is 1. The lowest BCUT2D eigenvalue weighted by Crippen LogP contribution is -2.47. The van der Waals surface area contributed by atoms with E-state index in [0.29, 0.717) is 25.8 Å². The fraction of sp³-hybridized carbons (Fsp3) is 0.433. The molecule has 4 rings (SSSR count). The van der Waals surface area contributed by atoms with Crippen molar-refractivity contribution in [2.24, 2.45) is 5.92 Å². The van der Waals surface area contributed by atoms with E-state index in [4.69, 9.17) is 4.74 Å². The monoisotopic (exact) mass is 504 g/mol. The molecule has 2 N–H and O–H groups in total. The van der Waals surface area contributed by atoms with Crippen LogP contribution in [0.25, 0.3) is 0 Å². The number of aliphatic hydroxyl groups is 1. The van der Waals surface area contributed by atoms with E-state index < -0.39 is 12.0 Å². The number of carbonyl (C=O) groups is 3. The second-order valence-electron chi connectivity index (χ2n) is 9.84. The Morgan fingerprint density at radius 1 is 1.00 bits per heavy atom. The number of cyclic esters (lactones) is 1. The summed E-state index contributed by atoms with van der Waals surface area (Å²) in [5.74, 6) is -1.25. The Morgan fingerprint density at radius 3 is 2.54 bits per heavy atom. The Balaban J connectivity index is 1.52. The zero-order valence-corrected chi connectivity index (χ0v) is 21.2. The molecule has 0 saturated carbocycles. The van der Waals surface area contributed by atoms with Crippen LogP contribution in [-0.2, 0) is 32.1 Å². The van der Waals surface area contributed by atoms with Gasteiger partial charge < -0.3 is 20.1 Å². The van der Waals surface area contributed by atoms with Crippen LogP contribution in [-0.4, -0.2) is 47.0 Å². The molecule has 196 valence electrons. The number of carbonyl (C=O) groups excluding carboxylic acids is 3. The highest BCUT2D eigenvalue weighted by Gasteiger charge is 2.32. The normalized spacial score (nSPS) is 23.4. The maximum atomic E-state index is 13.5. The molecule has 7 nitrogen and oxygen atoms in total. The smallest absolute Gasteiger partial charge is 0.305 e.